The SMILES string of the molecule is Cc1ccc([C@@H](CNC(=O)c2sc3cc(Cl)ccc3c2Cl)N2CCCC2)o1. The number of likely N-dealkylation sites (tertiary alicyclic amines) is 1. The van der Waals surface area contributed by atoms with Crippen molar-refractivity contribution in [1.82, 2.24) is 10.2 Å². The van der Waals surface area contributed by atoms with Crippen LogP contribution < -0.4 is 5.32 Å². The molecular weight excluding hydrogens is 403 g/mol. The number of fused-ring (bicyclic) bond motifs is 1. The number of nitrogens with one attached hydrogen (secondary N) is 1. The first-order valence-corrected chi connectivity index (χ1v) is 10.6. The molecule has 1 amide bonds. The van der Waals surface area contributed by atoms with E-state index in [-0.39, 0.29) is 11.9 Å². The predicted octanol–water partition coefficient (Wildman–Crippen LogP) is 5.68. The average Bonchev–Trinajstić information content (AvgIpc) is 3.37. The lowest BCUT2D eigenvalue weighted by molar-refractivity contribution is 0.0938. The van der Waals surface area contributed by atoms with Crippen molar-refractivity contribution in [3.05, 3.63) is 56.8 Å². The summed E-state index contributed by atoms with van der Waals surface area (Å²) in [7, 11) is 0. The van der Waals surface area contributed by atoms with Crippen LogP contribution in [-0.2, 0) is 0 Å². The van der Waals surface area contributed by atoms with Crippen LogP contribution in [0.15, 0.2) is 34.7 Å². The molecule has 0 radical (unpaired) electrons. The third-order valence-corrected chi connectivity index (χ3v) is 6.82. The second-order valence-electron chi connectivity index (χ2n) is 6.80. The molecule has 142 valence electrons. The Morgan fingerprint density at radius 1 is 1.26 bits per heavy atom. The summed E-state index contributed by atoms with van der Waals surface area (Å²) in [5.74, 6) is 1.61. The number of hydrogen-bond acceptors (Lipinski definition) is 4. The Hall–Kier alpha value is -1.53. The quantitative estimate of drug-likeness (QED) is 0.575. The number of benzene rings is 1. The van der Waals surface area contributed by atoms with Gasteiger partial charge in [-0.15, -0.1) is 11.3 Å². The Morgan fingerprint density at radius 2 is 2.04 bits per heavy atom. The van der Waals surface area contributed by atoms with Gasteiger partial charge in [0.15, 0.2) is 0 Å². The zero-order valence-corrected chi connectivity index (χ0v) is 17.3. The van der Waals surface area contributed by atoms with Crippen molar-refractivity contribution < 1.29 is 9.21 Å². The molecule has 0 bridgehead atoms. The van der Waals surface area contributed by atoms with Crippen molar-refractivity contribution in [2.75, 3.05) is 19.6 Å². The lowest BCUT2D eigenvalue weighted by Gasteiger charge is -2.26. The van der Waals surface area contributed by atoms with E-state index in [0.717, 1.165) is 34.7 Å². The van der Waals surface area contributed by atoms with Crippen LogP contribution in [0.5, 0.6) is 0 Å². The summed E-state index contributed by atoms with van der Waals surface area (Å²) >= 11 is 13.9. The molecule has 1 atom stereocenters. The summed E-state index contributed by atoms with van der Waals surface area (Å²) in [6.45, 7) is 4.45. The topological polar surface area (TPSA) is 45.5 Å². The minimum absolute atomic E-state index is 0.0350. The number of furan rings is 1. The number of nitrogens with zero attached hydrogens (tertiary/aromatic N) is 1. The number of carbonyl (C=O) groups excluding carboxylic acids is 1. The fourth-order valence-electron chi connectivity index (χ4n) is 3.55. The number of rotatable bonds is 5. The third-order valence-electron chi connectivity index (χ3n) is 4.92. The summed E-state index contributed by atoms with van der Waals surface area (Å²) in [5.41, 5.74) is 0. The summed E-state index contributed by atoms with van der Waals surface area (Å²) in [6, 6.07) is 9.47. The fraction of sp³-hybridized carbons (Fsp3) is 0.350. The van der Waals surface area contributed by atoms with E-state index < -0.39 is 0 Å². The van der Waals surface area contributed by atoms with Crippen molar-refractivity contribution >= 4 is 50.5 Å². The summed E-state index contributed by atoms with van der Waals surface area (Å²) in [5, 5.41) is 5.02. The van der Waals surface area contributed by atoms with Gasteiger partial charge in [-0.05, 0) is 57.1 Å². The fourth-order valence-corrected chi connectivity index (χ4v) is 5.26. The molecule has 0 aliphatic carbocycles. The van der Waals surface area contributed by atoms with Crippen molar-refractivity contribution in [2.45, 2.75) is 25.8 Å². The molecule has 1 aromatic carbocycles. The van der Waals surface area contributed by atoms with Crippen molar-refractivity contribution in [1.29, 1.82) is 0 Å². The van der Waals surface area contributed by atoms with Gasteiger partial charge in [-0.25, -0.2) is 0 Å². The van der Waals surface area contributed by atoms with E-state index in [4.69, 9.17) is 27.6 Å². The minimum atomic E-state index is -0.162. The minimum Gasteiger partial charge on any atom is -0.465 e. The van der Waals surface area contributed by atoms with Gasteiger partial charge < -0.3 is 9.73 Å². The third kappa shape index (κ3) is 3.87. The zero-order chi connectivity index (χ0) is 19.0. The Balaban J connectivity index is 1.53. The van der Waals surface area contributed by atoms with Crippen LogP contribution in [0, 0.1) is 6.92 Å². The molecule has 4 nitrogen and oxygen atoms in total. The van der Waals surface area contributed by atoms with Gasteiger partial charge in [0.25, 0.3) is 5.91 Å². The van der Waals surface area contributed by atoms with Gasteiger partial charge in [-0.3, -0.25) is 9.69 Å². The molecule has 2 aromatic heterocycles. The van der Waals surface area contributed by atoms with Crippen LogP contribution in [0.2, 0.25) is 10.0 Å². The highest BCUT2D eigenvalue weighted by Gasteiger charge is 2.27. The van der Waals surface area contributed by atoms with E-state index in [1.807, 2.05) is 31.2 Å². The van der Waals surface area contributed by atoms with E-state index >= 15 is 0 Å². The molecule has 1 fully saturated rings. The van der Waals surface area contributed by atoms with Crippen LogP contribution in [0.25, 0.3) is 10.1 Å². The van der Waals surface area contributed by atoms with Crippen molar-refractivity contribution in [3.63, 3.8) is 0 Å². The number of carbonyl (C=O) groups is 1. The van der Waals surface area contributed by atoms with Gasteiger partial charge >= 0.3 is 0 Å². The second kappa shape index (κ2) is 7.84. The number of halogens is 2. The highest BCUT2D eigenvalue weighted by Crippen LogP contribution is 2.36. The molecule has 0 saturated carbocycles. The standard InChI is InChI=1S/C20H20Cl2N2O2S/c1-12-4-7-16(26-12)15(24-8-2-3-9-24)11-23-20(25)19-18(22)14-6-5-13(21)10-17(14)27-19/h4-7,10,15H,2-3,8-9,11H2,1H3,(H,23,25)/t15-/m1/s1. The van der Waals surface area contributed by atoms with Crippen LogP contribution in [0.4, 0.5) is 0 Å². The molecule has 4 rings (SSSR count). The Labute approximate surface area is 172 Å². The molecule has 7 heteroatoms. The van der Waals surface area contributed by atoms with Gasteiger partial charge in [0.1, 0.15) is 16.4 Å². The normalized spacial score (nSPS) is 16.1. The molecule has 1 N–H and O–H groups in total. The van der Waals surface area contributed by atoms with E-state index in [1.54, 1.807) is 6.07 Å². The summed E-state index contributed by atoms with van der Waals surface area (Å²) in [4.78, 5) is 15.7. The highest BCUT2D eigenvalue weighted by atomic mass is 35.5. The van der Waals surface area contributed by atoms with E-state index in [1.165, 1.54) is 24.2 Å². The lowest BCUT2D eigenvalue weighted by Crippen LogP contribution is -2.36. The Morgan fingerprint density at radius 3 is 2.74 bits per heavy atom. The molecule has 3 heterocycles. The number of hydrogen-bond donors (Lipinski definition) is 1. The monoisotopic (exact) mass is 422 g/mol. The molecule has 0 spiro atoms. The lowest BCUT2D eigenvalue weighted by atomic mass is 10.2. The van der Waals surface area contributed by atoms with Gasteiger partial charge in [-0.1, -0.05) is 29.3 Å². The van der Waals surface area contributed by atoms with Gasteiger partial charge in [0, 0.05) is 21.7 Å². The number of amides is 1. The van der Waals surface area contributed by atoms with Crippen LogP contribution in [0.3, 0.4) is 0 Å². The maximum absolute atomic E-state index is 12.8. The molecule has 3 aromatic rings. The summed E-state index contributed by atoms with van der Waals surface area (Å²) < 4.78 is 6.76. The maximum Gasteiger partial charge on any atom is 0.263 e. The highest BCUT2D eigenvalue weighted by molar-refractivity contribution is 7.21. The Kier molecular flexibility index (Phi) is 5.46. The Bertz CT molecular complexity index is 976. The predicted molar refractivity (Wildman–Crippen MR) is 111 cm³/mol. The van der Waals surface area contributed by atoms with Gasteiger partial charge in [0.05, 0.1) is 11.1 Å². The summed E-state index contributed by atoms with van der Waals surface area (Å²) in [6.07, 6.45) is 2.35. The first kappa shape index (κ1) is 18.8. The van der Waals surface area contributed by atoms with Gasteiger partial charge in [0.2, 0.25) is 0 Å². The largest absolute Gasteiger partial charge is 0.465 e. The van der Waals surface area contributed by atoms with Crippen LogP contribution >= 0.6 is 34.5 Å². The maximum atomic E-state index is 12.8. The number of aryl methyl sites for hydroxylation is 1. The molecule has 0 unspecified atom stereocenters. The van der Waals surface area contributed by atoms with Crippen molar-refractivity contribution in [2.24, 2.45) is 0 Å². The molecule has 27 heavy (non-hydrogen) atoms. The first-order valence-electron chi connectivity index (χ1n) is 8.99. The first-order chi connectivity index (χ1) is 13.0. The van der Waals surface area contributed by atoms with E-state index in [9.17, 15) is 4.79 Å². The second-order valence-corrected chi connectivity index (χ2v) is 8.67. The van der Waals surface area contributed by atoms with Crippen LogP contribution in [0.1, 0.15) is 40.1 Å². The molecular formula is C20H20Cl2N2O2S. The average molecular weight is 423 g/mol. The van der Waals surface area contributed by atoms with E-state index in [0.29, 0.717) is 21.5 Å². The molecule has 1 saturated heterocycles. The number of thiophene rings is 1. The molecule has 1 aliphatic heterocycles. The van der Waals surface area contributed by atoms with E-state index in [2.05, 4.69) is 10.2 Å². The molecule has 1 aliphatic rings. The van der Waals surface area contributed by atoms with Crippen LogP contribution in [-0.4, -0.2) is 30.4 Å². The van der Waals surface area contributed by atoms with Crippen molar-refractivity contribution in [3.8, 4) is 0 Å². The van der Waals surface area contributed by atoms with Gasteiger partial charge in [-0.2, -0.15) is 0 Å². The zero-order valence-electron chi connectivity index (χ0n) is 14.9. The smallest absolute Gasteiger partial charge is 0.263 e.